The molecule has 2 aliphatic heterocycles. The van der Waals surface area contributed by atoms with Gasteiger partial charge in [-0.05, 0) is 30.3 Å². The predicted molar refractivity (Wildman–Crippen MR) is 118 cm³/mol. The van der Waals surface area contributed by atoms with Gasteiger partial charge < -0.3 is 23.8 Å². The molecule has 0 atom stereocenters. The molecule has 0 bridgehead atoms. The van der Waals surface area contributed by atoms with Gasteiger partial charge in [-0.1, -0.05) is 12.1 Å². The van der Waals surface area contributed by atoms with E-state index in [1.54, 1.807) is 29.2 Å². The van der Waals surface area contributed by atoms with Crippen molar-refractivity contribution in [3.8, 4) is 11.5 Å². The molecule has 0 spiro atoms. The van der Waals surface area contributed by atoms with Crippen LogP contribution < -0.4 is 9.47 Å². The van der Waals surface area contributed by atoms with Crippen molar-refractivity contribution in [3.63, 3.8) is 0 Å². The zero-order valence-corrected chi connectivity index (χ0v) is 18.7. The highest BCUT2D eigenvalue weighted by atomic mass is 16.5. The summed E-state index contributed by atoms with van der Waals surface area (Å²) in [6, 6.07) is 11.0. The van der Waals surface area contributed by atoms with E-state index < -0.39 is 17.8 Å². The van der Waals surface area contributed by atoms with Gasteiger partial charge in [0.15, 0.2) is 18.1 Å². The van der Waals surface area contributed by atoms with Gasteiger partial charge in [0.05, 0.1) is 43.6 Å². The van der Waals surface area contributed by atoms with E-state index >= 15 is 0 Å². The van der Waals surface area contributed by atoms with E-state index in [0.717, 1.165) is 4.90 Å². The molecule has 178 valence electrons. The standard InChI is InChI=1S/C24H24N2O8/c1-31-20-14-16(6-7-19(20)34-15-21(27)25-8-11-32-12-9-25)24(30)33-13-10-26-22(28)17-4-2-3-5-18(17)23(26)29/h2-7,14H,8-13,15H2,1H3. The predicted octanol–water partition coefficient (Wildman–Crippen LogP) is 1.39. The molecule has 4 rings (SSSR count). The molecule has 10 nitrogen and oxygen atoms in total. The number of hydrogen-bond donors (Lipinski definition) is 0. The smallest absolute Gasteiger partial charge is 0.338 e. The summed E-state index contributed by atoms with van der Waals surface area (Å²) in [5.41, 5.74) is 0.878. The number of imide groups is 1. The largest absolute Gasteiger partial charge is 0.493 e. The SMILES string of the molecule is COc1cc(C(=O)OCCN2C(=O)c3ccccc3C2=O)ccc1OCC(=O)N1CCOCC1. The van der Waals surface area contributed by atoms with E-state index in [9.17, 15) is 19.2 Å². The minimum Gasteiger partial charge on any atom is -0.493 e. The van der Waals surface area contributed by atoms with Gasteiger partial charge in [0.2, 0.25) is 0 Å². The van der Waals surface area contributed by atoms with Crippen LogP contribution in [0.25, 0.3) is 0 Å². The molecular weight excluding hydrogens is 444 g/mol. The van der Waals surface area contributed by atoms with Gasteiger partial charge in [-0.3, -0.25) is 19.3 Å². The van der Waals surface area contributed by atoms with Crippen molar-refractivity contribution in [1.82, 2.24) is 9.80 Å². The van der Waals surface area contributed by atoms with Crippen LogP contribution in [0.2, 0.25) is 0 Å². The number of carbonyl (C=O) groups is 4. The normalized spacial score (nSPS) is 15.2. The van der Waals surface area contributed by atoms with Gasteiger partial charge in [0.25, 0.3) is 17.7 Å². The van der Waals surface area contributed by atoms with Crippen LogP contribution in [0.4, 0.5) is 0 Å². The highest BCUT2D eigenvalue weighted by molar-refractivity contribution is 6.21. The summed E-state index contributed by atoms with van der Waals surface area (Å²) in [7, 11) is 1.42. The third-order valence-corrected chi connectivity index (χ3v) is 5.54. The van der Waals surface area contributed by atoms with Crippen LogP contribution in [-0.4, -0.2) is 86.7 Å². The maximum atomic E-state index is 12.5. The molecule has 0 saturated carbocycles. The fourth-order valence-corrected chi connectivity index (χ4v) is 3.71. The van der Waals surface area contributed by atoms with E-state index in [0.29, 0.717) is 43.2 Å². The summed E-state index contributed by atoms with van der Waals surface area (Å²) in [6.45, 7) is 1.66. The van der Waals surface area contributed by atoms with Crippen molar-refractivity contribution in [3.05, 3.63) is 59.2 Å². The van der Waals surface area contributed by atoms with Crippen LogP contribution in [-0.2, 0) is 14.3 Å². The molecule has 34 heavy (non-hydrogen) atoms. The first-order chi connectivity index (χ1) is 16.5. The maximum absolute atomic E-state index is 12.5. The lowest BCUT2D eigenvalue weighted by Gasteiger charge is -2.26. The van der Waals surface area contributed by atoms with E-state index in [1.165, 1.54) is 25.3 Å². The lowest BCUT2D eigenvalue weighted by molar-refractivity contribution is -0.137. The Bertz CT molecular complexity index is 1070. The number of carbonyl (C=O) groups excluding carboxylic acids is 4. The first-order valence-corrected chi connectivity index (χ1v) is 10.8. The molecule has 1 saturated heterocycles. The Morgan fingerprint density at radius 3 is 2.29 bits per heavy atom. The number of benzene rings is 2. The summed E-state index contributed by atoms with van der Waals surface area (Å²) < 4.78 is 21.4. The van der Waals surface area contributed by atoms with Crippen molar-refractivity contribution >= 4 is 23.7 Å². The van der Waals surface area contributed by atoms with Gasteiger partial charge in [0, 0.05) is 13.1 Å². The average molecular weight is 468 g/mol. The lowest BCUT2D eigenvalue weighted by Crippen LogP contribution is -2.43. The van der Waals surface area contributed by atoms with Gasteiger partial charge >= 0.3 is 5.97 Å². The van der Waals surface area contributed by atoms with Gasteiger partial charge in [0.1, 0.15) is 6.61 Å². The number of amides is 3. The summed E-state index contributed by atoms with van der Waals surface area (Å²) in [4.78, 5) is 52.2. The van der Waals surface area contributed by atoms with Crippen LogP contribution in [0.3, 0.4) is 0 Å². The second-order valence-corrected chi connectivity index (χ2v) is 7.59. The van der Waals surface area contributed by atoms with Crippen LogP contribution in [0.15, 0.2) is 42.5 Å². The number of morpholine rings is 1. The van der Waals surface area contributed by atoms with Gasteiger partial charge in [-0.15, -0.1) is 0 Å². The Hall–Kier alpha value is -3.92. The van der Waals surface area contributed by atoms with Crippen molar-refractivity contribution < 1.29 is 38.1 Å². The highest BCUT2D eigenvalue weighted by Gasteiger charge is 2.34. The molecule has 0 radical (unpaired) electrons. The van der Waals surface area contributed by atoms with E-state index in [2.05, 4.69) is 0 Å². The number of fused-ring (bicyclic) bond motifs is 1. The van der Waals surface area contributed by atoms with Crippen LogP contribution in [0, 0.1) is 0 Å². The van der Waals surface area contributed by atoms with Crippen molar-refractivity contribution in [2.24, 2.45) is 0 Å². The number of hydrogen-bond acceptors (Lipinski definition) is 8. The van der Waals surface area contributed by atoms with Gasteiger partial charge in [-0.25, -0.2) is 4.79 Å². The molecule has 0 aliphatic carbocycles. The summed E-state index contributed by atoms with van der Waals surface area (Å²) >= 11 is 0. The molecular formula is C24H24N2O8. The summed E-state index contributed by atoms with van der Waals surface area (Å²) in [6.07, 6.45) is 0. The van der Waals surface area contributed by atoms with Crippen molar-refractivity contribution in [2.75, 3.05) is 53.2 Å². The van der Waals surface area contributed by atoms with E-state index in [1.807, 2.05) is 0 Å². The fraction of sp³-hybridized carbons (Fsp3) is 0.333. The molecule has 0 aromatic heterocycles. The highest BCUT2D eigenvalue weighted by Crippen LogP contribution is 2.28. The number of ether oxygens (including phenoxy) is 4. The molecule has 0 unspecified atom stereocenters. The number of nitrogens with zero attached hydrogens (tertiary/aromatic N) is 2. The third-order valence-electron chi connectivity index (χ3n) is 5.54. The van der Waals surface area contributed by atoms with Crippen molar-refractivity contribution in [1.29, 1.82) is 0 Å². The Kier molecular flexibility index (Phi) is 7.07. The number of esters is 1. The lowest BCUT2D eigenvalue weighted by atomic mass is 10.1. The summed E-state index contributed by atoms with van der Waals surface area (Å²) in [5.74, 6) is -1.05. The maximum Gasteiger partial charge on any atom is 0.338 e. The average Bonchev–Trinajstić information content (AvgIpc) is 3.12. The van der Waals surface area contributed by atoms with E-state index in [4.69, 9.17) is 18.9 Å². The van der Waals surface area contributed by atoms with Gasteiger partial charge in [-0.2, -0.15) is 0 Å². The van der Waals surface area contributed by atoms with Crippen LogP contribution in [0.1, 0.15) is 31.1 Å². The quantitative estimate of drug-likeness (QED) is 0.422. The Balaban J connectivity index is 1.31. The van der Waals surface area contributed by atoms with Crippen LogP contribution in [0.5, 0.6) is 11.5 Å². The minimum atomic E-state index is -0.647. The second kappa shape index (κ2) is 10.3. The molecule has 2 aromatic rings. The molecule has 0 N–H and O–H groups in total. The first-order valence-electron chi connectivity index (χ1n) is 10.8. The zero-order chi connectivity index (χ0) is 24.1. The molecule has 10 heteroatoms. The number of rotatable bonds is 8. The molecule has 3 amide bonds. The zero-order valence-electron chi connectivity index (χ0n) is 18.7. The Labute approximate surface area is 195 Å². The molecule has 2 aliphatic rings. The summed E-state index contributed by atoms with van der Waals surface area (Å²) in [5, 5.41) is 0. The minimum absolute atomic E-state index is 0.0555. The van der Waals surface area contributed by atoms with E-state index in [-0.39, 0.29) is 37.0 Å². The number of methoxy groups -OCH3 is 1. The fourth-order valence-electron chi connectivity index (χ4n) is 3.71. The molecule has 2 aromatic carbocycles. The monoisotopic (exact) mass is 468 g/mol. The van der Waals surface area contributed by atoms with Crippen LogP contribution >= 0.6 is 0 Å². The Morgan fingerprint density at radius 1 is 0.971 bits per heavy atom. The second-order valence-electron chi connectivity index (χ2n) is 7.59. The third kappa shape index (κ3) is 4.86. The first kappa shape index (κ1) is 23.2. The molecule has 1 fully saturated rings. The topological polar surface area (TPSA) is 112 Å². The molecule has 2 heterocycles. The Morgan fingerprint density at radius 2 is 1.65 bits per heavy atom. The van der Waals surface area contributed by atoms with Crippen molar-refractivity contribution in [2.45, 2.75) is 0 Å².